The molecule has 1 aliphatic heterocycles. The predicted octanol–water partition coefficient (Wildman–Crippen LogP) is 17.4. The first-order valence-electron chi connectivity index (χ1n) is 31.6. The van der Waals surface area contributed by atoms with Crippen molar-refractivity contribution in [1.29, 1.82) is 0 Å². The van der Waals surface area contributed by atoms with Crippen LogP contribution in [0.5, 0.6) is 0 Å². The zero-order valence-corrected chi connectivity index (χ0v) is 47.8. The highest BCUT2D eigenvalue weighted by Gasteiger charge is 2.25. The number of hydrogen-bond donors (Lipinski definition) is 0. The van der Waals surface area contributed by atoms with Gasteiger partial charge in [0, 0.05) is 32.6 Å². The highest BCUT2D eigenvalue weighted by atomic mass is 16.5. The third-order valence-electron chi connectivity index (χ3n) is 15.5. The summed E-state index contributed by atoms with van der Waals surface area (Å²) in [4.78, 5) is 36.9. The average molecular weight is 974 g/mol. The van der Waals surface area contributed by atoms with Gasteiger partial charge < -0.3 is 19.4 Å². The molecule has 0 aromatic rings. The van der Waals surface area contributed by atoms with Gasteiger partial charge in [0.15, 0.2) is 0 Å². The topological polar surface area (TPSA) is 56.3 Å². The van der Waals surface area contributed by atoms with Gasteiger partial charge in [0.25, 0.3) is 0 Å². The number of carbonyl (C=O) groups is 2. The van der Waals surface area contributed by atoms with Gasteiger partial charge in [-0.1, -0.05) is 234 Å². The summed E-state index contributed by atoms with van der Waals surface area (Å²) in [7, 11) is 0. The van der Waals surface area contributed by atoms with E-state index in [0.29, 0.717) is 31.4 Å². The Morgan fingerprint density at radius 3 is 1.20 bits per heavy atom. The molecule has 0 aliphatic carbocycles. The summed E-state index contributed by atoms with van der Waals surface area (Å²) in [6.07, 6.45) is 54.1. The molecule has 69 heavy (non-hydrogen) atoms. The van der Waals surface area contributed by atoms with E-state index in [9.17, 15) is 9.59 Å². The van der Waals surface area contributed by atoms with E-state index >= 15 is 0 Å². The number of likely N-dealkylation sites (tertiary alicyclic amines) is 1. The van der Waals surface area contributed by atoms with Crippen molar-refractivity contribution in [3.63, 3.8) is 0 Å². The summed E-state index contributed by atoms with van der Waals surface area (Å²) in [6, 6.07) is 0. The summed E-state index contributed by atoms with van der Waals surface area (Å²) in [5.74, 6) is 0.964. The fourth-order valence-corrected chi connectivity index (χ4v) is 10.7. The van der Waals surface area contributed by atoms with Crippen molar-refractivity contribution < 1.29 is 14.3 Å². The van der Waals surface area contributed by atoms with Gasteiger partial charge in [0.2, 0.25) is 5.91 Å². The standard InChI is InChI=1S/C62H124N4O3/c1-6-11-16-21-25-26-27-28-29-32-35-39-48-63(51-42-43-57-69-62(68)46-37-33-24-19-14-9-4)54-47-60-45-44-53-66(58-60)61(67)59-65(52-41-36-31-23-18-13-8-3)56-55-64(49-38-20-15-10-5)50-40-34-30-22-17-12-7-2/h60H,6-59H2,1-5H3. The van der Waals surface area contributed by atoms with Crippen molar-refractivity contribution in [3.8, 4) is 0 Å². The number of hydrogen-bond acceptors (Lipinski definition) is 6. The molecule has 1 atom stereocenters. The smallest absolute Gasteiger partial charge is 0.305 e. The predicted molar refractivity (Wildman–Crippen MR) is 303 cm³/mol. The average Bonchev–Trinajstić information content (AvgIpc) is 3.36. The van der Waals surface area contributed by atoms with E-state index in [2.05, 4.69) is 54.2 Å². The molecule has 0 saturated carbocycles. The highest BCUT2D eigenvalue weighted by Crippen LogP contribution is 2.22. The molecule has 1 rings (SSSR count). The second-order valence-corrected chi connectivity index (χ2v) is 22.2. The Balaban J connectivity index is 2.77. The lowest BCUT2D eigenvalue weighted by Crippen LogP contribution is -2.47. The molecule has 0 aromatic carbocycles. The molecule has 1 amide bonds. The van der Waals surface area contributed by atoms with Crippen LogP contribution in [0, 0.1) is 5.92 Å². The van der Waals surface area contributed by atoms with Crippen molar-refractivity contribution >= 4 is 11.9 Å². The van der Waals surface area contributed by atoms with E-state index in [1.54, 1.807) is 0 Å². The molecule has 0 N–H and O–H groups in total. The number of unbranched alkanes of at least 4 members (excludes halogenated alkanes) is 32. The van der Waals surface area contributed by atoms with Crippen LogP contribution < -0.4 is 0 Å². The fraction of sp³-hybridized carbons (Fsp3) is 0.968. The molecule has 1 fully saturated rings. The number of ether oxygens (including phenoxy) is 1. The first kappa shape index (κ1) is 65.8. The normalized spacial score (nSPS) is 14.3. The molecular formula is C62H124N4O3. The van der Waals surface area contributed by atoms with Gasteiger partial charge in [-0.25, -0.2) is 0 Å². The van der Waals surface area contributed by atoms with Crippen LogP contribution in [0.25, 0.3) is 0 Å². The lowest BCUT2D eigenvalue weighted by molar-refractivity contribution is -0.144. The minimum absolute atomic E-state index is 0.00486. The number of carbonyl (C=O) groups excluding carboxylic acids is 2. The first-order valence-corrected chi connectivity index (χ1v) is 31.6. The maximum atomic E-state index is 14.2. The maximum absolute atomic E-state index is 14.2. The van der Waals surface area contributed by atoms with E-state index in [-0.39, 0.29) is 5.97 Å². The lowest BCUT2D eigenvalue weighted by atomic mass is 9.94. The lowest BCUT2D eigenvalue weighted by Gasteiger charge is -2.36. The zero-order valence-electron chi connectivity index (χ0n) is 47.8. The van der Waals surface area contributed by atoms with Crippen LogP contribution in [0.1, 0.15) is 304 Å². The van der Waals surface area contributed by atoms with Crippen molar-refractivity contribution in [2.45, 2.75) is 304 Å². The number of esters is 1. The second-order valence-electron chi connectivity index (χ2n) is 22.2. The van der Waals surface area contributed by atoms with Crippen molar-refractivity contribution in [2.75, 3.05) is 78.6 Å². The Morgan fingerprint density at radius 2 is 0.754 bits per heavy atom. The van der Waals surface area contributed by atoms with Gasteiger partial charge in [-0.15, -0.1) is 0 Å². The second kappa shape index (κ2) is 51.7. The van der Waals surface area contributed by atoms with E-state index in [1.807, 2.05) is 0 Å². The van der Waals surface area contributed by atoms with Crippen LogP contribution in [0.15, 0.2) is 0 Å². The summed E-state index contributed by atoms with van der Waals surface area (Å²) in [5, 5.41) is 0. The molecule has 1 unspecified atom stereocenters. The molecule has 1 heterocycles. The third kappa shape index (κ3) is 43.0. The van der Waals surface area contributed by atoms with Crippen LogP contribution in [-0.4, -0.2) is 110 Å². The van der Waals surface area contributed by atoms with Gasteiger partial charge in [-0.3, -0.25) is 14.5 Å². The Labute approximate surface area is 432 Å². The Morgan fingerprint density at radius 1 is 0.406 bits per heavy atom. The fourth-order valence-electron chi connectivity index (χ4n) is 10.7. The third-order valence-corrected chi connectivity index (χ3v) is 15.5. The molecule has 0 radical (unpaired) electrons. The minimum atomic E-state index is -0.00486. The van der Waals surface area contributed by atoms with Crippen molar-refractivity contribution in [2.24, 2.45) is 5.92 Å². The van der Waals surface area contributed by atoms with Crippen LogP contribution in [-0.2, 0) is 14.3 Å². The molecule has 0 spiro atoms. The Kier molecular flexibility index (Phi) is 49.3. The monoisotopic (exact) mass is 973 g/mol. The van der Waals surface area contributed by atoms with E-state index in [4.69, 9.17) is 4.74 Å². The molecule has 0 bridgehead atoms. The summed E-state index contributed by atoms with van der Waals surface area (Å²) >= 11 is 0. The molecule has 7 heteroatoms. The maximum Gasteiger partial charge on any atom is 0.305 e. The van der Waals surface area contributed by atoms with Gasteiger partial charge in [0.1, 0.15) is 0 Å². The van der Waals surface area contributed by atoms with Gasteiger partial charge >= 0.3 is 5.97 Å². The van der Waals surface area contributed by atoms with Crippen LogP contribution in [0.4, 0.5) is 0 Å². The minimum Gasteiger partial charge on any atom is -0.466 e. The summed E-state index contributed by atoms with van der Waals surface area (Å²) in [6.45, 7) is 23.5. The van der Waals surface area contributed by atoms with Gasteiger partial charge in [0.05, 0.1) is 13.2 Å². The SMILES string of the molecule is CCCCCCCCCCCCCCN(CCCCOC(=O)CCCCCCCC)CCC1CCCN(C(=O)CN(CCCCCCCCC)CCN(CCCCCC)CCCCCCCCC)C1. The number of piperidine rings is 1. The first-order chi connectivity index (χ1) is 34.0. The highest BCUT2D eigenvalue weighted by molar-refractivity contribution is 5.78. The molecule has 7 nitrogen and oxygen atoms in total. The number of amides is 1. The zero-order chi connectivity index (χ0) is 49.9. The van der Waals surface area contributed by atoms with E-state index < -0.39 is 0 Å². The molecule has 1 aliphatic rings. The van der Waals surface area contributed by atoms with Crippen molar-refractivity contribution in [3.05, 3.63) is 0 Å². The summed E-state index contributed by atoms with van der Waals surface area (Å²) in [5.41, 5.74) is 0. The molecule has 1 saturated heterocycles. The van der Waals surface area contributed by atoms with E-state index in [0.717, 1.165) is 77.9 Å². The van der Waals surface area contributed by atoms with Crippen molar-refractivity contribution in [1.82, 2.24) is 19.6 Å². The number of rotatable bonds is 54. The largest absolute Gasteiger partial charge is 0.466 e. The van der Waals surface area contributed by atoms with Gasteiger partial charge in [-0.2, -0.15) is 0 Å². The van der Waals surface area contributed by atoms with Crippen LogP contribution in [0.3, 0.4) is 0 Å². The van der Waals surface area contributed by atoms with Gasteiger partial charge in [-0.05, 0) is 109 Å². The Hall–Kier alpha value is -1.18. The van der Waals surface area contributed by atoms with E-state index in [1.165, 1.54) is 251 Å². The Bertz CT molecular complexity index is 1070. The molecular weight excluding hydrogens is 849 g/mol. The molecule has 410 valence electrons. The molecule has 0 aromatic heterocycles. The number of nitrogens with zero attached hydrogens (tertiary/aromatic N) is 4. The summed E-state index contributed by atoms with van der Waals surface area (Å²) < 4.78 is 5.67. The van der Waals surface area contributed by atoms with Crippen LogP contribution >= 0.6 is 0 Å². The quantitative estimate of drug-likeness (QED) is 0.0447. The van der Waals surface area contributed by atoms with Crippen LogP contribution in [0.2, 0.25) is 0 Å².